The lowest BCUT2D eigenvalue weighted by Gasteiger charge is -2.11. The zero-order valence-corrected chi connectivity index (χ0v) is 11.7. The standard InChI is InChI=1S/C15H22N4/c1-11(10-16)6-5-9-17-15-12(2)18-13-7-3-4-8-14(13)19-15/h3-4,7-8,11H,5-6,9-10,16H2,1-2H3,(H,17,19). The Morgan fingerprint density at radius 2 is 1.89 bits per heavy atom. The second kappa shape index (κ2) is 6.48. The van der Waals surface area contributed by atoms with Gasteiger partial charge in [-0.15, -0.1) is 0 Å². The SMILES string of the molecule is Cc1nc2ccccc2nc1NCCCC(C)CN. The molecule has 3 N–H and O–H groups in total. The second-order valence-corrected chi connectivity index (χ2v) is 5.06. The first-order valence-electron chi connectivity index (χ1n) is 6.88. The predicted octanol–water partition coefficient (Wildman–Crippen LogP) is 2.73. The molecular weight excluding hydrogens is 236 g/mol. The first-order valence-corrected chi connectivity index (χ1v) is 6.88. The Kier molecular flexibility index (Phi) is 4.68. The lowest BCUT2D eigenvalue weighted by Crippen LogP contribution is -2.13. The summed E-state index contributed by atoms with van der Waals surface area (Å²) in [6, 6.07) is 7.95. The molecule has 102 valence electrons. The van der Waals surface area contributed by atoms with Crippen LogP contribution < -0.4 is 11.1 Å². The van der Waals surface area contributed by atoms with Crippen molar-refractivity contribution in [3.05, 3.63) is 30.0 Å². The molecule has 1 atom stereocenters. The minimum absolute atomic E-state index is 0.589. The van der Waals surface area contributed by atoms with Crippen LogP contribution in [0.1, 0.15) is 25.5 Å². The van der Waals surface area contributed by atoms with Crippen LogP contribution in [0.4, 0.5) is 5.82 Å². The van der Waals surface area contributed by atoms with E-state index >= 15 is 0 Å². The number of hydrogen-bond donors (Lipinski definition) is 2. The van der Waals surface area contributed by atoms with Gasteiger partial charge in [-0.05, 0) is 44.4 Å². The van der Waals surface area contributed by atoms with Crippen molar-refractivity contribution in [1.82, 2.24) is 9.97 Å². The molecule has 1 aromatic heterocycles. The topological polar surface area (TPSA) is 63.8 Å². The fraction of sp³-hybridized carbons (Fsp3) is 0.467. The van der Waals surface area contributed by atoms with Gasteiger partial charge in [-0.3, -0.25) is 0 Å². The van der Waals surface area contributed by atoms with Crippen molar-refractivity contribution in [2.45, 2.75) is 26.7 Å². The fourth-order valence-corrected chi connectivity index (χ4v) is 2.03. The van der Waals surface area contributed by atoms with E-state index in [2.05, 4.69) is 22.2 Å². The van der Waals surface area contributed by atoms with Crippen LogP contribution in [0.15, 0.2) is 24.3 Å². The zero-order chi connectivity index (χ0) is 13.7. The van der Waals surface area contributed by atoms with Crippen LogP contribution in [-0.4, -0.2) is 23.1 Å². The van der Waals surface area contributed by atoms with Crippen molar-refractivity contribution in [2.75, 3.05) is 18.4 Å². The first-order chi connectivity index (χ1) is 9.20. The number of nitrogens with zero attached hydrogens (tertiary/aromatic N) is 2. The van der Waals surface area contributed by atoms with Gasteiger partial charge in [0.25, 0.3) is 0 Å². The molecule has 1 unspecified atom stereocenters. The van der Waals surface area contributed by atoms with E-state index in [-0.39, 0.29) is 0 Å². The minimum Gasteiger partial charge on any atom is -0.369 e. The number of fused-ring (bicyclic) bond motifs is 1. The van der Waals surface area contributed by atoms with Crippen LogP contribution in [0.25, 0.3) is 11.0 Å². The maximum Gasteiger partial charge on any atom is 0.148 e. The monoisotopic (exact) mass is 258 g/mol. The molecule has 0 aliphatic carbocycles. The maximum absolute atomic E-state index is 5.61. The maximum atomic E-state index is 5.61. The Morgan fingerprint density at radius 3 is 2.58 bits per heavy atom. The first kappa shape index (κ1) is 13.7. The highest BCUT2D eigenvalue weighted by atomic mass is 15.0. The summed E-state index contributed by atoms with van der Waals surface area (Å²) in [6.07, 6.45) is 2.25. The highest BCUT2D eigenvalue weighted by Gasteiger charge is 2.04. The average molecular weight is 258 g/mol. The van der Waals surface area contributed by atoms with Gasteiger partial charge in [0.15, 0.2) is 0 Å². The summed E-state index contributed by atoms with van der Waals surface area (Å²) in [4.78, 5) is 9.17. The molecule has 2 rings (SSSR count). The van der Waals surface area contributed by atoms with E-state index in [4.69, 9.17) is 5.73 Å². The molecule has 0 amide bonds. The van der Waals surface area contributed by atoms with Crippen molar-refractivity contribution in [2.24, 2.45) is 11.7 Å². The summed E-state index contributed by atoms with van der Waals surface area (Å²) in [5.74, 6) is 1.48. The zero-order valence-electron chi connectivity index (χ0n) is 11.7. The van der Waals surface area contributed by atoms with Crippen LogP contribution in [0.5, 0.6) is 0 Å². The molecule has 1 heterocycles. The summed E-state index contributed by atoms with van der Waals surface area (Å²) >= 11 is 0. The van der Waals surface area contributed by atoms with Gasteiger partial charge in [-0.2, -0.15) is 0 Å². The number of benzene rings is 1. The van der Waals surface area contributed by atoms with Gasteiger partial charge in [0, 0.05) is 6.54 Å². The normalized spacial score (nSPS) is 12.6. The molecule has 1 aromatic carbocycles. The van der Waals surface area contributed by atoms with Crippen molar-refractivity contribution in [3.8, 4) is 0 Å². The van der Waals surface area contributed by atoms with Crippen LogP contribution >= 0.6 is 0 Å². The van der Waals surface area contributed by atoms with Gasteiger partial charge in [0.1, 0.15) is 5.82 Å². The number of anilines is 1. The number of nitrogens with one attached hydrogen (secondary N) is 1. The third kappa shape index (κ3) is 3.64. The highest BCUT2D eigenvalue weighted by Crippen LogP contribution is 2.16. The quantitative estimate of drug-likeness (QED) is 0.782. The van der Waals surface area contributed by atoms with Gasteiger partial charge in [0.2, 0.25) is 0 Å². The number of para-hydroxylation sites is 2. The number of nitrogens with two attached hydrogens (primary N) is 1. The van der Waals surface area contributed by atoms with E-state index < -0.39 is 0 Å². The van der Waals surface area contributed by atoms with Gasteiger partial charge in [-0.1, -0.05) is 19.1 Å². The minimum atomic E-state index is 0.589. The Bertz CT molecular complexity index is 539. The highest BCUT2D eigenvalue weighted by molar-refractivity contribution is 5.76. The van der Waals surface area contributed by atoms with Gasteiger partial charge >= 0.3 is 0 Å². The number of hydrogen-bond acceptors (Lipinski definition) is 4. The molecular formula is C15H22N4. The van der Waals surface area contributed by atoms with Crippen LogP contribution in [-0.2, 0) is 0 Å². The molecule has 0 saturated carbocycles. The third-order valence-electron chi connectivity index (χ3n) is 3.31. The molecule has 4 heteroatoms. The summed E-state index contributed by atoms with van der Waals surface area (Å²) < 4.78 is 0. The fourth-order valence-electron chi connectivity index (χ4n) is 2.03. The van der Waals surface area contributed by atoms with E-state index in [1.54, 1.807) is 0 Å². The Balaban J connectivity index is 1.98. The molecule has 19 heavy (non-hydrogen) atoms. The number of aryl methyl sites for hydroxylation is 1. The summed E-state index contributed by atoms with van der Waals surface area (Å²) in [5, 5.41) is 3.37. The van der Waals surface area contributed by atoms with Gasteiger partial charge < -0.3 is 11.1 Å². The van der Waals surface area contributed by atoms with E-state index in [9.17, 15) is 0 Å². The predicted molar refractivity (Wildman–Crippen MR) is 80.2 cm³/mol. The molecule has 0 aliphatic rings. The molecule has 0 aliphatic heterocycles. The van der Waals surface area contributed by atoms with E-state index in [0.717, 1.165) is 48.5 Å². The molecule has 4 nitrogen and oxygen atoms in total. The van der Waals surface area contributed by atoms with E-state index in [1.807, 2.05) is 31.2 Å². The van der Waals surface area contributed by atoms with Crippen LogP contribution in [0, 0.1) is 12.8 Å². The average Bonchev–Trinajstić information content (AvgIpc) is 2.43. The Hall–Kier alpha value is -1.68. The largest absolute Gasteiger partial charge is 0.369 e. The molecule has 2 aromatic rings. The molecule has 0 bridgehead atoms. The molecule has 0 radical (unpaired) electrons. The summed E-state index contributed by atoms with van der Waals surface area (Å²) in [5.41, 5.74) is 8.44. The third-order valence-corrected chi connectivity index (χ3v) is 3.31. The van der Waals surface area contributed by atoms with Crippen molar-refractivity contribution in [3.63, 3.8) is 0 Å². The van der Waals surface area contributed by atoms with Gasteiger partial charge in [-0.25, -0.2) is 9.97 Å². The number of rotatable bonds is 6. The second-order valence-electron chi connectivity index (χ2n) is 5.06. The Morgan fingerprint density at radius 1 is 1.21 bits per heavy atom. The van der Waals surface area contributed by atoms with E-state index in [1.165, 1.54) is 0 Å². The summed E-state index contributed by atoms with van der Waals surface area (Å²) in [7, 11) is 0. The van der Waals surface area contributed by atoms with Crippen molar-refractivity contribution >= 4 is 16.9 Å². The molecule has 0 spiro atoms. The van der Waals surface area contributed by atoms with E-state index in [0.29, 0.717) is 5.92 Å². The number of aromatic nitrogens is 2. The van der Waals surface area contributed by atoms with Crippen LogP contribution in [0.3, 0.4) is 0 Å². The smallest absolute Gasteiger partial charge is 0.148 e. The van der Waals surface area contributed by atoms with Gasteiger partial charge in [0.05, 0.1) is 16.7 Å². The Labute approximate surface area is 114 Å². The van der Waals surface area contributed by atoms with Crippen LogP contribution in [0.2, 0.25) is 0 Å². The lowest BCUT2D eigenvalue weighted by atomic mass is 10.1. The van der Waals surface area contributed by atoms with Crippen molar-refractivity contribution in [1.29, 1.82) is 0 Å². The summed E-state index contributed by atoms with van der Waals surface area (Å²) in [6.45, 7) is 5.85. The molecule has 0 fully saturated rings. The lowest BCUT2D eigenvalue weighted by molar-refractivity contribution is 0.529. The van der Waals surface area contributed by atoms with Crippen molar-refractivity contribution < 1.29 is 0 Å². The molecule has 0 saturated heterocycles.